The van der Waals surface area contributed by atoms with Gasteiger partial charge in [-0.3, -0.25) is 0 Å². The SMILES string of the molecule is CC(C)(CCC(O)(c1ccccc1)c1ccccc1)c1nc2sc(C(C)(C)CCC(O)(c3ccccc3)c3ccccc3)nc2s1. The quantitative estimate of drug-likeness (QED) is 0.139. The standard InChI is InChI=1S/C40H42N2O2S2/c1-37(2,25-27-39(43,29-17-9-5-10-18-29)30-19-11-6-12-20-30)35-41-33-34(45-35)42-36(46-33)38(3,4)26-28-40(44,31-21-13-7-14-22-31)32-23-15-8-16-24-32/h5-24,43-44H,25-28H2,1-4H3. The van der Waals surface area contributed by atoms with Crippen LogP contribution in [-0.4, -0.2) is 20.2 Å². The lowest BCUT2D eigenvalue weighted by atomic mass is 9.77. The monoisotopic (exact) mass is 646 g/mol. The first-order valence-electron chi connectivity index (χ1n) is 16.0. The highest BCUT2D eigenvalue weighted by molar-refractivity contribution is 7.26. The summed E-state index contributed by atoms with van der Waals surface area (Å²) in [6.45, 7) is 8.85. The smallest absolute Gasteiger partial charge is 0.155 e. The van der Waals surface area contributed by atoms with Crippen molar-refractivity contribution in [2.24, 2.45) is 0 Å². The summed E-state index contributed by atoms with van der Waals surface area (Å²) in [5.74, 6) is 0. The van der Waals surface area contributed by atoms with Crippen LogP contribution in [-0.2, 0) is 22.0 Å². The number of thiazole rings is 2. The van der Waals surface area contributed by atoms with E-state index < -0.39 is 11.2 Å². The summed E-state index contributed by atoms with van der Waals surface area (Å²) in [7, 11) is 0. The molecule has 6 aromatic rings. The highest BCUT2D eigenvalue weighted by atomic mass is 32.1. The molecule has 0 spiro atoms. The van der Waals surface area contributed by atoms with Gasteiger partial charge in [-0.05, 0) is 47.9 Å². The molecule has 0 saturated heterocycles. The van der Waals surface area contributed by atoms with Crippen LogP contribution in [0.1, 0.15) is 85.6 Å². The van der Waals surface area contributed by atoms with Crippen molar-refractivity contribution in [1.29, 1.82) is 0 Å². The van der Waals surface area contributed by atoms with Gasteiger partial charge in [0.15, 0.2) is 9.66 Å². The minimum atomic E-state index is -1.09. The molecule has 0 bridgehead atoms. The Balaban J connectivity index is 1.21. The predicted molar refractivity (Wildman–Crippen MR) is 192 cm³/mol. The molecule has 0 aliphatic heterocycles. The summed E-state index contributed by atoms with van der Waals surface area (Å²) in [5.41, 5.74) is 0.917. The van der Waals surface area contributed by atoms with Crippen molar-refractivity contribution in [1.82, 2.24) is 9.97 Å². The zero-order chi connectivity index (χ0) is 32.4. The molecule has 2 N–H and O–H groups in total. The van der Waals surface area contributed by atoms with Crippen molar-refractivity contribution in [3.8, 4) is 0 Å². The summed E-state index contributed by atoms with van der Waals surface area (Å²) < 4.78 is 0. The van der Waals surface area contributed by atoms with Gasteiger partial charge >= 0.3 is 0 Å². The van der Waals surface area contributed by atoms with Gasteiger partial charge < -0.3 is 10.2 Å². The third-order valence-electron chi connectivity index (χ3n) is 9.36. The molecule has 0 aliphatic rings. The van der Waals surface area contributed by atoms with E-state index in [-0.39, 0.29) is 10.8 Å². The lowest BCUT2D eigenvalue weighted by Gasteiger charge is -2.33. The van der Waals surface area contributed by atoms with Gasteiger partial charge in [0.1, 0.15) is 21.2 Å². The van der Waals surface area contributed by atoms with Crippen molar-refractivity contribution in [2.45, 2.75) is 75.4 Å². The fourth-order valence-electron chi connectivity index (χ4n) is 6.19. The summed E-state index contributed by atoms with van der Waals surface area (Å²) in [4.78, 5) is 12.1. The highest BCUT2D eigenvalue weighted by Crippen LogP contribution is 2.44. The molecule has 0 radical (unpaired) electrons. The third kappa shape index (κ3) is 6.45. The zero-order valence-corrected chi connectivity index (χ0v) is 28.6. The van der Waals surface area contributed by atoms with E-state index in [0.717, 1.165) is 54.8 Å². The number of nitrogens with zero attached hydrogens (tertiary/aromatic N) is 2. The van der Waals surface area contributed by atoms with Gasteiger partial charge in [-0.15, -0.1) is 0 Å². The molecule has 236 valence electrons. The van der Waals surface area contributed by atoms with Gasteiger partial charge in [-0.1, -0.05) is 172 Å². The number of fused-ring (bicyclic) bond motifs is 1. The van der Waals surface area contributed by atoms with E-state index in [1.807, 2.05) is 121 Å². The lowest BCUT2D eigenvalue weighted by Crippen LogP contribution is -2.30. The summed E-state index contributed by atoms with van der Waals surface area (Å²) in [6.07, 6.45) is 2.64. The van der Waals surface area contributed by atoms with E-state index in [4.69, 9.17) is 9.97 Å². The van der Waals surface area contributed by atoms with E-state index in [9.17, 15) is 10.2 Å². The number of benzene rings is 4. The van der Waals surface area contributed by atoms with Gasteiger partial charge in [0.2, 0.25) is 0 Å². The van der Waals surface area contributed by atoms with Crippen LogP contribution < -0.4 is 0 Å². The number of rotatable bonds is 12. The molecule has 6 rings (SSSR count). The molecule has 0 amide bonds. The molecular formula is C40H42N2O2S2. The van der Waals surface area contributed by atoms with Gasteiger partial charge in [0.05, 0.1) is 0 Å². The molecule has 6 heteroatoms. The van der Waals surface area contributed by atoms with Crippen molar-refractivity contribution in [2.75, 3.05) is 0 Å². The fraction of sp³-hybridized carbons (Fsp3) is 0.300. The second kappa shape index (κ2) is 12.8. The van der Waals surface area contributed by atoms with Crippen LogP contribution in [0.3, 0.4) is 0 Å². The van der Waals surface area contributed by atoms with Crippen LogP contribution in [0.4, 0.5) is 0 Å². The van der Waals surface area contributed by atoms with E-state index in [2.05, 4.69) is 27.7 Å². The third-order valence-corrected chi connectivity index (χ3v) is 12.1. The van der Waals surface area contributed by atoms with E-state index in [1.54, 1.807) is 22.7 Å². The maximum atomic E-state index is 12.1. The molecule has 2 aromatic heterocycles. The summed E-state index contributed by atoms with van der Waals surface area (Å²) >= 11 is 3.32. The van der Waals surface area contributed by atoms with E-state index in [0.29, 0.717) is 12.8 Å². The zero-order valence-electron chi connectivity index (χ0n) is 27.0. The molecule has 0 saturated carbocycles. The van der Waals surface area contributed by atoms with Crippen molar-refractivity contribution >= 4 is 32.3 Å². The Kier molecular flexibility index (Phi) is 9.01. The van der Waals surface area contributed by atoms with Crippen LogP contribution in [0.2, 0.25) is 0 Å². The molecule has 4 aromatic carbocycles. The Morgan fingerprint density at radius 1 is 0.435 bits per heavy atom. The predicted octanol–water partition coefficient (Wildman–Crippen LogP) is 9.74. The number of hydrogen-bond donors (Lipinski definition) is 2. The number of hydrogen-bond acceptors (Lipinski definition) is 6. The topological polar surface area (TPSA) is 66.2 Å². The Labute approximate surface area is 280 Å². The maximum Gasteiger partial charge on any atom is 0.155 e. The van der Waals surface area contributed by atoms with Crippen LogP contribution in [0.25, 0.3) is 9.66 Å². The molecule has 2 heterocycles. The first-order valence-corrected chi connectivity index (χ1v) is 17.6. The van der Waals surface area contributed by atoms with Gasteiger partial charge in [-0.25, -0.2) is 9.97 Å². The average molecular weight is 647 g/mol. The van der Waals surface area contributed by atoms with Gasteiger partial charge in [0.25, 0.3) is 0 Å². The molecule has 4 nitrogen and oxygen atoms in total. The maximum absolute atomic E-state index is 12.1. The molecule has 46 heavy (non-hydrogen) atoms. The first-order chi connectivity index (χ1) is 22.0. The minimum absolute atomic E-state index is 0.250. The normalized spacial score (nSPS) is 12.9. The molecule has 0 unspecified atom stereocenters. The Morgan fingerprint density at radius 3 is 0.957 bits per heavy atom. The van der Waals surface area contributed by atoms with E-state index >= 15 is 0 Å². The second-order valence-electron chi connectivity index (χ2n) is 13.6. The van der Waals surface area contributed by atoms with Crippen LogP contribution >= 0.6 is 22.7 Å². The Bertz CT molecular complexity index is 1620. The van der Waals surface area contributed by atoms with Crippen LogP contribution in [0.15, 0.2) is 121 Å². The van der Waals surface area contributed by atoms with Gasteiger partial charge in [-0.2, -0.15) is 0 Å². The number of aromatic nitrogens is 2. The van der Waals surface area contributed by atoms with Crippen molar-refractivity contribution in [3.63, 3.8) is 0 Å². The Morgan fingerprint density at radius 2 is 0.696 bits per heavy atom. The Hall–Kier alpha value is -3.68. The van der Waals surface area contributed by atoms with Crippen LogP contribution in [0, 0.1) is 0 Å². The first kappa shape index (κ1) is 32.3. The van der Waals surface area contributed by atoms with Gasteiger partial charge in [0, 0.05) is 10.8 Å². The molecule has 0 atom stereocenters. The summed E-state index contributed by atoms with van der Waals surface area (Å²) in [6, 6.07) is 39.9. The lowest BCUT2D eigenvalue weighted by molar-refractivity contribution is 0.0622. The molecule has 0 aliphatic carbocycles. The van der Waals surface area contributed by atoms with E-state index in [1.165, 1.54) is 0 Å². The molecular weight excluding hydrogens is 605 g/mol. The largest absolute Gasteiger partial charge is 0.380 e. The second-order valence-corrected chi connectivity index (χ2v) is 15.6. The minimum Gasteiger partial charge on any atom is -0.380 e. The molecule has 0 fully saturated rings. The van der Waals surface area contributed by atoms with Crippen molar-refractivity contribution < 1.29 is 10.2 Å². The van der Waals surface area contributed by atoms with Crippen molar-refractivity contribution in [3.05, 3.63) is 154 Å². The number of aliphatic hydroxyl groups is 2. The average Bonchev–Trinajstić information content (AvgIpc) is 3.70. The fourth-order valence-corrected chi connectivity index (χ4v) is 8.49. The van der Waals surface area contributed by atoms with Crippen LogP contribution in [0.5, 0.6) is 0 Å². The highest BCUT2D eigenvalue weighted by Gasteiger charge is 2.38. The summed E-state index contributed by atoms with van der Waals surface area (Å²) in [5, 5.41) is 26.3.